The van der Waals surface area contributed by atoms with Gasteiger partial charge in [-0.15, -0.1) is 0 Å². The first-order valence-corrected chi connectivity index (χ1v) is 7.51. The van der Waals surface area contributed by atoms with Gasteiger partial charge in [-0.3, -0.25) is 0 Å². The lowest BCUT2D eigenvalue weighted by Gasteiger charge is -2.11. The van der Waals surface area contributed by atoms with Crippen molar-refractivity contribution in [3.8, 4) is 0 Å². The van der Waals surface area contributed by atoms with Crippen LogP contribution in [-0.2, 0) is 10.0 Å². The van der Waals surface area contributed by atoms with E-state index in [4.69, 9.17) is 0 Å². The van der Waals surface area contributed by atoms with Gasteiger partial charge < -0.3 is 0 Å². The van der Waals surface area contributed by atoms with Crippen LogP contribution in [-0.4, -0.2) is 14.1 Å². The zero-order chi connectivity index (χ0) is 13.2. The summed E-state index contributed by atoms with van der Waals surface area (Å²) >= 11 is 0. The van der Waals surface area contributed by atoms with Crippen LogP contribution in [0.5, 0.6) is 0 Å². The minimum atomic E-state index is -3.56. The van der Waals surface area contributed by atoms with Crippen LogP contribution < -0.4 is 0 Å². The van der Waals surface area contributed by atoms with Crippen LogP contribution in [0, 0.1) is 6.92 Å². The Morgan fingerprint density at radius 2 is 1.78 bits per heavy atom. The van der Waals surface area contributed by atoms with Gasteiger partial charge in [-0.2, -0.15) is 12.8 Å². The number of hydrogen-bond donors (Lipinski definition) is 0. The Balaban J connectivity index is 2.38. The molecule has 0 atom stereocenters. The van der Waals surface area contributed by atoms with Gasteiger partial charge in [0.25, 0.3) is 10.0 Å². The molecular formula is C14H17NO2S. The SMILES string of the molecule is CC1=CCCC/C1=N/S(=O)(=O)c1ccc(C)cc1. The van der Waals surface area contributed by atoms with E-state index in [1.165, 1.54) is 0 Å². The fourth-order valence-corrected chi connectivity index (χ4v) is 3.04. The summed E-state index contributed by atoms with van der Waals surface area (Å²) in [5, 5.41) is 0. The molecule has 0 spiro atoms. The minimum Gasteiger partial charge on any atom is -0.199 e. The van der Waals surface area contributed by atoms with Crippen molar-refractivity contribution in [3.05, 3.63) is 41.5 Å². The first kappa shape index (κ1) is 13.0. The van der Waals surface area contributed by atoms with E-state index in [9.17, 15) is 8.42 Å². The first-order valence-electron chi connectivity index (χ1n) is 6.07. The monoisotopic (exact) mass is 263 g/mol. The molecule has 3 nitrogen and oxygen atoms in total. The van der Waals surface area contributed by atoms with Crippen LogP contribution in [0.2, 0.25) is 0 Å². The third-order valence-corrected chi connectivity index (χ3v) is 4.40. The molecule has 0 unspecified atom stereocenters. The van der Waals surface area contributed by atoms with Crippen LogP contribution in [0.4, 0.5) is 0 Å². The number of nitrogens with zero attached hydrogens (tertiary/aromatic N) is 1. The maximum Gasteiger partial charge on any atom is 0.282 e. The summed E-state index contributed by atoms with van der Waals surface area (Å²) in [7, 11) is -3.56. The first-order chi connectivity index (χ1) is 8.49. The fraction of sp³-hybridized carbons (Fsp3) is 0.357. The number of aryl methyl sites for hydroxylation is 1. The summed E-state index contributed by atoms with van der Waals surface area (Å²) in [6.45, 7) is 3.85. The highest BCUT2D eigenvalue weighted by Gasteiger charge is 2.16. The molecule has 0 saturated carbocycles. The second-order valence-electron chi connectivity index (χ2n) is 4.61. The summed E-state index contributed by atoms with van der Waals surface area (Å²) in [6.07, 6.45) is 4.77. The molecule has 0 heterocycles. The number of hydrogen-bond acceptors (Lipinski definition) is 2. The molecule has 4 heteroatoms. The molecule has 0 N–H and O–H groups in total. The molecule has 2 rings (SSSR count). The molecule has 1 aliphatic carbocycles. The molecule has 0 bridgehead atoms. The molecule has 1 aliphatic rings. The summed E-state index contributed by atoms with van der Waals surface area (Å²) in [6, 6.07) is 6.79. The Hall–Kier alpha value is -1.42. The molecule has 0 fully saturated rings. The van der Waals surface area contributed by atoms with E-state index in [1.54, 1.807) is 24.3 Å². The maximum atomic E-state index is 12.1. The number of benzene rings is 1. The molecule has 0 amide bonds. The van der Waals surface area contributed by atoms with E-state index in [2.05, 4.69) is 4.40 Å². The lowest BCUT2D eigenvalue weighted by atomic mass is 9.99. The molecule has 0 aromatic heterocycles. The maximum absolute atomic E-state index is 12.1. The van der Waals surface area contributed by atoms with Gasteiger partial charge in [0, 0.05) is 0 Å². The highest BCUT2D eigenvalue weighted by Crippen LogP contribution is 2.19. The van der Waals surface area contributed by atoms with Gasteiger partial charge in [0.05, 0.1) is 10.6 Å². The summed E-state index contributed by atoms with van der Waals surface area (Å²) in [5.74, 6) is 0. The number of allylic oxidation sites excluding steroid dienone is 2. The highest BCUT2D eigenvalue weighted by atomic mass is 32.2. The normalized spacial score (nSPS) is 18.8. The van der Waals surface area contributed by atoms with Gasteiger partial charge in [0.1, 0.15) is 0 Å². The van der Waals surface area contributed by atoms with Crippen LogP contribution in [0.25, 0.3) is 0 Å². The van der Waals surface area contributed by atoms with E-state index < -0.39 is 10.0 Å². The zero-order valence-corrected chi connectivity index (χ0v) is 11.5. The Kier molecular flexibility index (Phi) is 3.66. The predicted octanol–water partition coefficient (Wildman–Crippen LogP) is 3.25. The van der Waals surface area contributed by atoms with Crippen molar-refractivity contribution in [2.45, 2.75) is 38.0 Å². The van der Waals surface area contributed by atoms with Gasteiger partial charge in [0.2, 0.25) is 0 Å². The van der Waals surface area contributed by atoms with E-state index in [-0.39, 0.29) is 4.90 Å². The predicted molar refractivity (Wildman–Crippen MR) is 73.4 cm³/mol. The average Bonchev–Trinajstić information content (AvgIpc) is 2.32. The summed E-state index contributed by atoms with van der Waals surface area (Å²) in [5.41, 5.74) is 2.72. The fourth-order valence-electron chi connectivity index (χ4n) is 1.93. The number of rotatable bonds is 2. The second-order valence-corrected chi connectivity index (χ2v) is 6.21. The van der Waals surface area contributed by atoms with Crippen molar-refractivity contribution in [1.82, 2.24) is 0 Å². The van der Waals surface area contributed by atoms with Crippen molar-refractivity contribution in [2.24, 2.45) is 4.40 Å². The third kappa shape index (κ3) is 2.88. The Bertz CT molecular complexity index is 595. The van der Waals surface area contributed by atoms with Crippen LogP contribution in [0.3, 0.4) is 0 Å². The van der Waals surface area contributed by atoms with Gasteiger partial charge in [-0.25, -0.2) is 0 Å². The van der Waals surface area contributed by atoms with Crippen LogP contribution in [0.15, 0.2) is 45.2 Å². The van der Waals surface area contributed by atoms with Crippen LogP contribution in [0.1, 0.15) is 31.7 Å². The zero-order valence-electron chi connectivity index (χ0n) is 10.7. The van der Waals surface area contributed by atoms with Gasteiger partial charge >= 0.3 is 0 Å². The van der Waals surface area contributed by atoms with Gasteiger partial charge in [-0.05, 0) is 50.8 Å². The van der Waals surface area contributed by atoms with E-state index >= 15 is 0 Å². The Labute approximate surface area is 108 Å². The minimum absolute atomic E-state index is 0.263. The Morgan fingerprint density at radius 1 is 1.11 bits per heavy atom. The summed E-state index contributed by atoms with van der Waals surface area (Å²) in [4.78, 5) is 0.263. The average molecular weight is 263 g/mol. The molecule has 0 aliphatic heterocycles. The van der Waals surface area contributed by atoms with E-state index in [1.807, 2.05) is 19.9 Å². The topological polar surface area (TPSA) is 46.5 Å². The van der Waals surface area contributed by atoms with E-state index in [0.717, 1.165) is 30.4 Å². The summed E-state index contributed by atoms with van der Waals surface area (Å²) < 4.78 is 28.3. The van der Waals surface area contributed by atoms with E-state index in [0.29, 0.717) is 5.71 Å². The van der Waals surface area contributed by atoms with Crippen molar-refractivity contribution in [2.75, 3.05) is 0 Å². The lowest BCUT2D eigenvalue weighted by molar-refractivity contribution is 0.597. The molecule has 0 radical (unpaired) electrons. The van der Waals surface area contributed by atoms with Gasteiger partial charge in [-0.1, -0.05) is 23.8 Å². The highest BCUT2D eigenvalue weighted by molar-refractivity contribution is 7.90. The van der Waals surface area contributed by atoms with Crippen molar-refractivity contribution < 1.29 is 8.42 Å². The van der Waals surface area contributed by atoms with Crippen molar-refractivity contribution >= 4 is 15.7 Å². The lowest BCUT2D eigenvalue weighted by Crippen LogP contribution is -2.09. The quantitative estimate of drug-likeness (QED) is 0.822. The molecular weight excluding hydrogens is 246 g/mol. The molecule has 96 valence electrons. The van der Waals surface area contributed by atoms with Crippen molar-refractivity contribution in [1.29, 1.82) is 0 Å². The smallest absolute Gasteiger partial charge is 0.199 e. The Morgan fingerprint density at radius 3 is 2.39 bits per heavy atom. The molecule has 18 heavy (non-hydrogen) atoms. The third-order valence-electron chi connectivity index (χ3n) is 3.07. The van der Waals surface area contributed by atoms with Crippen molar-refractivity contribution in [3.63, 3.8) is 0 Å². The van der Waals surface area contributed by atoms with Gasteiger partial charge in [0.15, 0.2) is 0 Å². The molecule has 1 aromatic carbocycles. The standard InChI is InChI=1S/C14H17NO2S/c1-11-7-9-13(10-8-11)18(16,17)15-14-6-4-3-5-12(14)2/h5,7-10H,3-4,6H2,1-2H3/b15-14-. The molecule has 0 saturated heterocycles. The van der Waals surface area contributed by atoms with Crippen LogP contribution >= 0.6 is 0 Å². The number of sulfonamides is 1. The second kappa shape index (κ2) is 5.06. The largest absolute Gasteiger partial charge is 0.282 e. The molecule has 1 aromatic rings.